The number of carbonyl (C=O) groups excluding carboxylic acids is 1. The van der Waals surface area contributed by atoms with Gasteiger partial charge < -0.3 is 0 Å². The van der Waals surface area contributed by atoms with E-state index in [1.807, 2.05) is 18.2 Å². The van der Waals surface area contributed by atoms with Gasteiger partial charge in [-0.3, -0.25) is 20.2 Å². The third-order valence-electron chi connectivity index (χ3n) is 3.61. The predicted octanol–water partition coefficient (Wildman–Crippen LogP) is 4.58. The van der Waals surface area contributed by atoms with E-state index < -0.39 is 10.8 Å². The van der Waals surface area contributed by atoms with Gasteiger partial charge in [0.05, 0.1) is 15.1 Å². The molecule has 0 aliphatic rings. The topological polar surface area (TPSA) is 85.1 Å². The summed E-state index contributed by atoms with van der Waals surface area (Å²) in [6.07, 6.45) is 0. The van der Waals surface area contributed by atoms with E-state index in [0.29, 0.717) is 11.0 Å². The smallest absolute Gasteiger partial charge is 0.270 e. The Balaban J connectivity index is 1.90. The normalized spacial score (nSPS) is 11.0. The summed E-state index contributed by atoms with van der Waals surface area (Å²) in [6, 6.07) is 11.6. The standard InChI is InChI=1S/C17H15N3O3S/c1-10(2)13-7-4-8-14-15(13)18-17(24-14)19-16(21)11-5-3-6-12(9-11)20(22)23/h3-10H,1-2H3,(H,18,19,21). The molecule has 3 rings (SSSR count). The number of thiazole rings is 1. The second-order valence-electron chi connectivity index (χ2n) is 5.63. The Morgan fingerprint density at radius 2 is 2.00 bits per heavy atom. The average Bonchev–Trinajstić information content (AvgIpc) is 2.96. The summed E-state index contributed by atoms with van der Waals surface area (Å²) < 4.78 is 0.996. The van der Waals surface area contributed by atoms with Crippen molar-refractivity contribution in [1.82, 2.24) is 4.98 Å². The first-order valence-electron chi connectivity index (χ1n) is 7.41. The number of benzene rings is 2. The van der Waals surface area contributed by atoms with Gasteiger partial charge in [-0.15, -0.1) is 0 Å². The highest BCUT2D eigenvalue weighted by atomic mass is 32.1. The van der Waals surface area contributed by atoms with Crippen LogP contribution < -0.4 is 5.32 Å². The van der Waals surface area contributed by atoms with Crippen LogP contribution in [0, 0.1) is 10.1 Å². The zero-order valence-electron chi connectivity index (χ0n) is 13.1. The second kappa shape index (κ2) is 6.37. The quantitative estimate of drug-likeness (QED) is 0.556. The summed E-state index contributed by atoms with van der Waals surface area (Å²) in [5, 5.41) is 14.0. The molecule has 0 aliphatic carbocycles. The molecule has 1 N–H and O–H groups in total. The highest BCUT2D eigenvalue weighted by Crippen LogP contribution is 2.31. The minimum absolute atomic E-state index is 0.117. The molecule has 0 spiro atoms. The first-order valence-corrected chi connectivity index (χ1v) is 8.22. The number of nitro groups is 1. The minimum atomic E-state index is -0.524. The van der Waals surface area contributed by atoms with Gasteiger partial charge in [-0.25, -0.2) is 4.98 Å². The third-order valence-corrected chi connectivity index (χ3v) is 4.55. The second-order valence-corrected chi connectivity index (χ2v) is 6.66. The molecule has 0 radical (unpaired) electrons. The van der Waals surface area contributed by atoms with Crippen LogP contribution in [0.4, 0.5) is 10.8 Å². The van der Waals surface area contributed by atoms with Gasteiger partial charge in [-0.05, 0) is 23.6 Å². The fraction of sp³-hybridized carbons (Fsp3) is 0.176. The van der Waals surface area contributed by atoms with E-state index in [9.17, 15) is 14.9 Å². The van der Waals surface area contributed by atoms with Crippen molar-refractivity contribution in [2.45, 2.75) is 19.8 Å². The van der Waals surface area contributed by atoms with Crippen LogP contribution >= 0.6 is 11.3 Å². The highest BCUT2D eigenvalue weighted by Gasteiger charge is 2.15. The van der Waals surface area contributed by atoms with Crippen LogP contribution in [0.3, 0.4) is 0 Å². The maximum absolute atomic E-state index is 12.3. The average molecular weight is 341 g/mol. The van der Waals surface area contributed by atoms with E-state index in [1.54, 1.807) is 0 Å². The Morgan fingerprint density at radius 3 is 2.71 bits per heavy atom. The monoisotopic (exact) mass is 341 g/mol. The molecule has 6 nitrogen and oxygen atoms in total. The number of anilines is 1. The molecule has 3 aromatic rings. The fourth-order valence-corrected chi connectivity index (χ4v) is 3.31. The van der Waals surface area contributed by atoms with Gasteiger partial charge >= 0.3 is 0 Å². The van der Waals surface area contributed by atoms with Crippen LogP contribution in [0.15, 0.2) is 42.5 Å². The first-order chi connectivity index (χ1) is 11.5. The summed E-state index contributed by atoms with van der Waals surface area (Å²) in [7, 11) is 0. The van der Waals surface area contributed by atoms with E-state index in [2.05, 4.69) is 24.1 Å². The van der Waals surface area contributed by atoms with E-state index in [4.69, 9.17) is 0 Å². The summed E-state index contributed by atoms with van der Waals surface area (Å²) in [5.41, 5.74) is 2.12. The van der Waals surface area contributed by atoms with Crippen molar-refractivity contribution in [2.75, 3.05) is 5.32 Å². The molecule has 0 aliphatic heterocycles. The molecule has 122 valence electrons. The molecule has 0 atom stereocenters. The highest BCUT2D eigenvalue weighted by molar-refractivity contribution is 7.22. The number of amides is 1. The third kappa shape index (κ3) is 3.11. The van der Waals surface area contributed by atoms with Crippen LogP contribution in [0.25, 0.3) is 10.2 Å². The van der Waals surface area contributed by atoms with Crippen molar-refractivity contribution < 1.29 is 9.72 Å². The Morgan fingerprint density at radius 1 is 1.25 bits per heavy atom. The van der Waals surface area contributed by atoms with Gasteiger partial charge in [0.2, 0.25) is 0 Å². The van der Waals surface area contributed by atoms with Crippen molar-refractivity contribution in [3.05, 3.63) is 63.7 Å². The number of para-hydroxylation sites is 1. The molecule has 0 bridgehead atoms. The Bertz CT molecular complexity index is 934. The van der Waals surface area contributed by atoms with Crippen LogP contribution in [0.5, 0.6) is 0 Å². The number of aromatic nitrogens is 1. The van der Waals surface area contributed by atoms with Crippen LogP contribution in [-0.4, -0.2) is 15.8 Å². The number of nitrogens with zero attached hydrogens (tertiary/aromatic N) is 2. The lowest BCUT2D eigenvalue weighted by molar-refractivity contribution is -0.384. The molecule has 7 heteroatoms. The molecule has 0 unspecified atom stereocenters. The lowest BCUT2D eigenvalue weighted by Crippen LogP contribution is -2.11. The molecule has 1 aromatic heterocycles. The van der Waals surface area contributed by atoms with Gasteiger partial charge in [0, 0.05) is 17.7 Å². The number of rotatable bonds is 4. The van der Waals surface area contributed by atoms with Gasteiger partial charge in [0.15, 0.2) is 5.13 Å². The number of hydrogen-bond donors (Lipinski definition) is 1. The number of carbonyl (C=O) groups is 1. The van der Waals surface area contributed by atoms with Gasteiger partial charge in [-0.1, -0.05) is 43.4 Å². The van der Waals surface area contributed by atoms with E-state index in [1.165, 1.54) is 35.6 Å². The Kier molecular flexibility index (Phi) is 4.26. The van der Waals surface area contributed by atoms with Crippen molar-refractivity contribution in [3.63, 3.8) is 0 Å². The summed E-state index contributed by atoms with van der Waals surface area (Å²) in [6.45, 7) is 4.19. The number of fused-ring (bicyclic) bond motifs is 1. The SMILES string of the molecule is CC(C)c1cccc2sc(NC(=O)c3cccc([N+](=O)[O-])c3)nc12. The molecule has 24 heavy (non-hydrogen) atoms. The fourth-order valence-electron chi connectivity index (χ4n) is 2.42. The zero-order valence-corrected chi connectivity index (χ0v) is 14.0. The predicted molar refractivity (Wildman–Crippen MR) is 94.8 cm³/mol. The van der Waals surface area contributed by atoms with Crippen molar-refractivity contribution >= 4 is 38.3 Å². The molecule has 2 aromatic carbocycles. The molecular weight excluding hydrogens is 326 g/mol. The van der Waals surface area contributed by atoms with Crippen LogP contribution in [-0.2, 0) is 0 Å². The van der Waals surface area contributed by atoms with E-state index >= 15 is 0 Å². The molecule has 1 amide bonds. The maximum Gasteiger partial charge on any atom is 0.270 e. The molecular formula is C17H15N3O3S. The van der Waals surface area contributed by atoms with E-state index in [0.717, 1.165) is 15.8 Å². The van der Waals surface area contributed by atoms with Crippen LogP contribution in [0.1, 0.15) is 35.7 Å². The molecule has 1 heterocycles. The van der Waals surface area contributed by atoms with Crippen LogP contribution in [0.2, 0.25) is 0 Å². The van der Waals surface area contributed by atoms with Crippen molar-refractivity contribution in [2.24, 2.45) is 0 Å². The number of nitrogens with one attached hydrogen (secondary N) is 1. The lowest BCUT2D eigenvalue weighted by Gasteiger charge is -2.04. The number of nitro benzene ring substituents is 1. The Labute approximate surface area is 142 Å². The van der Waals surface area contributed by atoms with Gasteiger partial charge in [0.1, 0.15) is 0 Å². The first kappa shape index (κ1) is 16.1. The molecule has 0 saturated heterocycles. The minimum Gasteiger partial charge on any atom is -0.298 e. The largest absolute Gasteiger partial charge is 0.298 e. The maximum atomic E-state index is 12.3. The Hall–Kier alpha value is -2.80. The van der Waals surface area contributed by atoms with Crippen molar-refractivity contribution in [3.8, 4) is 0 Å². The van der Waals surface area contributed by atoms with Gasteiger partial charge in [0.25, 0.3) is 11.6 Å². The molecule has 0 saturated carbocycles. The lowest BCUT2D eigenvalue weighted by atomic mass is 10.0. The zero-order chi connectivity index (χ0) is 17.3. The van der Waals surface area contributed by atoms with E-state index in [-0.39, 0.29) is 11.3 Å². The van der Waals surface area contributed by atoms with Gasteiger partial charge in [-0.2, -0.15) is 0 Å². The summed E-state index contributed by atoms with van der Waals surface area (Å²) in [4.78, 5) is 27.1. The number of hydrogen-bond acceptors (Lipinski definition) is 5. The van der Waals surface area contributed by atoms with Crippen molar-refractivity contribution in [1.29, 1.82) is 0 Å². The number of non-ortho nitro benzene ring substituents is 1. The summed E-state index contributed by atoms with van der Waals surface area (Å²) >= 11 is 1.39. The molecule has 0 fully saturated rings. The summed E-state index contributed by atoms with van der Waals surface area (Å²) in [5.74, 6) is -0.0834.